The van der Waals surface area contributed by atoms with Gasteiger partial charge in [-0.15, -0.1) is 0 Å². The van der Waals surface area contributed by atoms with E-state index in [1.54, 1.807) is 0 Å². The Morgan fingerprint density at radius 2 is 1.55 bits per heavy atom. The third-order valence-corrected chi connectivity index (χ3v) is 4.34. The van der Waals surface area contributed by atoms with Gasteiger partial charge in [0, 0.05) is 5.39 Å². The molecule has 0 unspecified atom stereocenters. The van der Waals surface area contributed by atoms with Crippen molar-refractivity contribution < 1.29 is 0 Å². The maximum absolute atomic E-state index is 9.76. The van der Waals surface area contributed by atoms with Crippen molar-refractivity contribution in [2.24, 2.45) is 0 Å². The molecule has 3 aromatic rings. The number of hydrogen-bond donors (Lipinski definition) is 0. The molecule has 0 heterocycles. The van der Waals surface area contributed by atoms with E-state index in [4.69, 9.17) is 0 Å². The minimum atomic E-state index is 0.883. The third-order valence-electron chi connectivity index (χ3n) is 4.34. The smallest absolute Gasteiger partial charge is 0.100 e. The molecule has 0 aliphatic rings. The van der Waals surface area contributed by atoms with Gasteiger partial charge in [0.1, 0.15) is 6.07 Å². The van der Waals surface area contributed by atoms with E-state index in [1.165, 1.54) is 27.3 Å². The number of nitrogens with zero attached hydrogens (tertiary/aromatic N) is 1. The minimum Gasteiger partial charge on any atom is -0.192 e. The lowest BCUT2D eigenvalue weighted by atomic mass is 9.89. The molecule has 0 amide bonds. The fourth-order valence-electron chi connectivity index (χ4n) is 3.35. The minimum absolute atomic E-state index is 0.883. The predicted octanol–water partition coefficient (Wildman–Crippen LogP) is 5.77. The number of rotatable bonds is 4. The second kappa shape index (κ2) is 6.20. The summed E-state index contributed by atoms with van der Waals surface area (Å²) in [6.07, 6.45) is 4.22. The fourth-order valence-corrected chi connectivity index (χ4v) is 3.35. The van der Waals surface area contributed by atoms with Crippen LogP contribution in [0.5, 0.6) is 0 Å². The lowest BCUT2D eigenvalue weighted by molar-refractivity contribution is 0.861. The average Bonchev–Trinajstić information content (AvgIpc) is 2.54. The van der Waals surface area contributed by atoms with Crippen molar-refractivity contribution in [1.82, 2.24) is 0 Å². The van der Waals surface area contributed by atoms with Crippen LogP contribution in [0.2, 0.25) is 0 Å². The molecule has 3 aromatic carbocycles. The number of hydrogen-bond acceptors (Lipinski definition) is 1. The van der Waals surface area contributed by atoms with Crippen molar-refractivity contribution in [1.29, 1.82) is 5.26 Å². The number of benzene rings is 3. The van der Waals surface area contributed by atoms with Crippen LogP contribution in [-0.4, -0.2) is 0 Å². The van der Waals surface area contributed by atoms with Crippen LogP contribution >= 0.6 is 0 Å². The Morgan fingerprint density at radius 3 is 2.18 bits per heavy atom. The first kappa shape index (κ1) is 14.6. The molecule has 3 rings (SSSR count). The number of aryl methyl sites for hydroxylation is 1. The summed E-state index contributed by atoms with van der Waals surface area (Å²) < 4.78 is 0. The second-order valence-electron chi connectivity index (χ2n) is 5.92. The zero-order chi connectivity index (χ0) is 15.5. The van der Waals surface area contributed by atoms with Gasteiger partial charge in [0.15, 0.2) is 0 Å². The Morgan fingerprint density at radius 1 is 0.864 bits per heavy atom. The predicted molar refractivity (Wildman–Crippen MR) is 94.2 cm³/mol. The van der Waals surface area contributed by atoms with E-state index in [2.05, 4.69) is 62.4 Å². The molecule has 1 nitrogen and oxygen atoms in total. The summed E-state index contributed by atoms with van der Waals surface area (Å²) in [6.45, 7) is 4.38. The zero-order valence-electron chi connectivity index (χ0n) is 13.3. The second-order valence-corrected chi connectivity index (χ2v) is 5.92. The van der Waals surface area contributed by atoms with Crippen LogP contribution in [0.4, 0.5) is 0 Å². The SMILES string of the molecule is CCCc1cc2cc3ccccc3cc2c(C#N)c1CCC. The van der Waals surface area contributed by atoms with Crippen LogP contribution in [0.25, 0.3) is 21.5 Å². The first-order chi connectivity index (χ1) is 10.8. The molecule has 110 valence electrons. The van der Waals surface area contributed by atoms with Gasteiger partial charge in [0.25, 0.3) is 0 Å². The van der Waals surface area contributed by atoms with Gasteiger partial charge < -0.3 is 0 Å². The maximum atomic E-state index is 9.76. The van der Waals surface area contributed by atoms with E-state index in [9.17, 15) is 5.26 Å². The van der Waals surface area contributed by atoms with Gasteiger partial charge in [-0.05, 0) is 52.3 Å². The number of fused-ring (bicyclic) bond motifs is 2. The van der Waals surface area contributed by atoms with Gasteiger partial charge in [0.2, 0.25) is 0 Å². The Balaban J connectivity index is 2.38. The Hall–Kier alpha value is -2.33. The molecule has 0 atom stereocenters. The summed E-state index contributed by atoms with van der Waals surface area (Å²) in [5.74, 6) is 0. The van der Waals surface area contributed by atoms with Gasteiger partial charge >= 0.3 is 0 Å². The molecule has 0 aliphatic carbocycles. The Kier molecular flexibility index (Phi) is 4.11. The fraction of sp³-hybridized carbons (Fsp3) is 0.286. The van der Waals surface area contributed by atoms with Gasteiger partial charge in [-0.2, -0.15) is 5.26 Å². The molecule has 0 saturated carbocycles. The van der Waals surface area contributed by atoms with Gasteiger partial charge in [-0.3, -0.25) is 0 Å². The van der Waals surface area contributed by atoms with E-state index >= 15 is 0 Å². The Labute approximate surface area is 132 Å². The lowest BCUT2D eigenvalue weighted by Gasteiger charge is -2.14. The highest BCUT2D eigenvalue weighted by atomic mass is 14.3. The summed E-state index contributed by atoms with van der Waals surface area (Å²) in [5, 5.41) is 14.5. The molecule has 0 spiro atoms. The molecular weight excluding hydrogens is 266 g/mol. The van der Waals surface area contributed by atoms with E-state index in [1.807, 2.05) is 0 Å². The average molecular weight is 287 g/mol. The Bertz CT molecular complexity index is 868. The van der Waals surface area contributed by atoms with E-state index in [0.29, 0.717) is 0 Å². The molecular formula is C21H21N. The molecule has 1 heteroatoms. The monoisotopic (exact) mass is 287 g/mol. The van der Waals surface area contributed by atoms with Crippen LogP contribution in [-0.2, 0) is 12.8 Å². The standard InChI is InChI=1S/C21H21N/c1-3-7-17-12-18-11-15-9-5-6-10-16(15)13-20(18)21(14-22)19(17)8-4-2/h5-6,9-13H,3-4,7-8H2,1-2H3. The first-order valence-corrected chi connectivity index (χ1v) is 8.15. The van der Waals surface area contributed by atoms with Crippen molar-refractivity contribution >= 4 is 21.5 Å². The van der Waals surface area contributed by atoms with Crippen molar-refractivity contribution in [3.8, 4) is 6.07 Å². The highest BCUT2D eigenvalue weighted by molar-refractivity contribution is 6.01. The molecule has 0 saturated heterocycles. The van der Waals surface area contributed by atoms with Gasteiger partial charge in [0.05, 0.1) is 5.56 Å². The third kappa shape index (κ3) is 2.46. The van der Waals surface area contributed by atoms with Crippen LogP contribution in [0.3, 0.4) is 0 Å². The molecule has 22 heavy (non-hydrogen) atoms. The molecule has 0 N–H and O–H groups in total. The zero-order valence-corrected chi connectivity index (χ0v) is 13.3. The molecule has 0 aliphatic heterocycles. The summed E-state index contributed by atoms with van der Waals surface area (Å²) in [7, 11) is 0. The summed E-state index contributed by atoms with van der Waals surface area (Å²) in [5.41, 5.74) is 3.49. The summed E-state index contributed by atoms with van der Waals surface area (Å²) in [6, 6.07) is 17.6. The van der Waals surface area contributed by atoms with Gasteiger partial charge in [-0.25, -0.2) is 0 Å². The topological polar surface area (TPSA) is 23.8 Å². The van der Waals surface area contributed by atoms with E-state index in [-0.39, 0.29) is 0 Å². The largest absolute Gasteiger partial charge is 0.192 e. The molecule has 0 aromatic heterocycles. The quantitative estimate of drug-likeness (QED) is 0.559. The highest BCUT2D eigenvalue weighted by Gasteiger charge is 2.13. The number of nitriles is 1. The highest BCUT2D eigenvalue weighted by Crippen LogP contribution is 2.31. The van der Waals surface area contributed by atoms with Gasteiger partial charge in [-0.1, -0.05) is 57.0 Å². The summed E-state index contributed by atoms with van der Waals surface area (Å²) in [4.78, 5) is 0. The van der Waals surface area contributed by atoms with Crippen molar-refractivity contribution in [2.45, 2.75) is 39.5 Å². The normalized spacial score (nSPS) is 11.0. The maximum Gasteiger partial charge on any atom is 0.100 e. The van der Waals surface area contributed by atoms with E-state index < -0.39 is 0 Å². The van der Waals surface area contributed by atoms with Crippen LogP contribution in [0, 0.1) is 11.3 Å². The van der Waals surface area contributed by atoms with Crippen molar-refractivity contribution in [3.63, 3.8) is 0 Å². The molecule has 0 bridgehead atoms. The van der Waals surface area contributed by atoms with Crippen molar-refractivity contribution in [2.75, 3.05) is 0 Å². The lowest BCUT2D eigenvalue weighted by Crippen LogP contribution is -1.99. The summed E-state index contributed by atoms with van der Waals surface area (Å²) >= 11 is 0. The molecule has 0 radical (unpaired) electrons. The first-order valence-electron chi connectivity index (χ1n) is 8.15. The molecule has 0 fully saturated rings. The van der Waals surface area contributed by atoms with Crippen molar-refractivity contribution in [3.05, 3.63) is 59.2 Å². The van der Waals surface area contributed by atoms with E-state index in [0.717, 1.165) is 36.6 Å². The van der Waals surface area contributed by atoms with Crippen LogP contribution in [0.15, 0.2) is 42.5 Å². The van der Waals surface area contributed by atoms with Crippen LogP contribution in [0.1, 0.15) is 43.4 Å². The van der Waals surface area contributed by atoms with Crippen LogP contribution < -0.4 is 0 Å².